The van der Waals surface area contributed by atoms with Gasteiger partial charge in [0.25, 0.3) is 5.91 Å². The van der Waals surface area contributed by atoms with Crippen LogP contribution in [0, 0.1) is 5.92 Å². The molecule has 1 fully saturated rings. The number of carbonyl (C=O) groups excluding carboxylic acids is 1. The second kappa shape index (κ2) is 6.75. The summed E-state index contributed by atoms with van der Waals surface area (Å²) in [5, 5.41) is 12.5. The molecule has 2 atom stereocenters. The smallest absolute Gasteiger partial charge is 0.308 e. The van der Waals surface area contributed by atoms with Crippen LogP contribution in [0.4, 0.5) is 0 Å². The predicted molar refractivity (Wildman–Crippen MR) is 76.9 cm³/mol. The van der Waals surface area contributed by atoms with Crippen molar-refractivity contribution in [1.82, 2.24) is 5.32 Å². The standard InChI is InChI=1S/C15H18ClNO3/c16-12-8-5-4-6-10(12)14(18)17-13-9-3-1-2-7-11(13)15(19)20/h4-6,8,11,13H,1-3,7,9H2,(H,17,18)(H,19,20). The molecule has 2 N–H and O–H groups in total. The molecule has 20 heavy (non-hydrogen) atoms. The molecule has 1 aliphatic carbocycles. The van der Waals surface area contributed by atoms with Gasteiger partial charge in [-0.05, 0) is 25.0 Å². The molecule has 0 heterocycles. The molecular weight excluding hydrogens is 278 g/mol. The Balaban J connectivity index is 2.12. The van der Waals surface area contributed by atoms with E-state index in [0.29, 0.717) is 23.4 Å². The fourth-order valence-corrected chi connectivity index (χ4v) is 2.89. The number of nitrogens with one attached hydrogen (secondary N) is 1. The van der Waals surface area contributed by atoms with Crippen molar-refractivity contribution in [3.63, 3.8) is 0 Å². The Morgan fingerprint density at radius 2 is 1.85 bits per heavy atom. The first kappa shape index (κ1) is 14.9. The molecule has 1 aromatic rings. The van der Waals surface area contributed by atoms with E-state index in [1.807, 2.05) is 0 Å². The first-order valence-electron chi connectivity index (χ1n) is 6.88. The molecule has 0 bridgehead atoms. The highest BCUT2D eigenvalue weighted by Gasteiger charge is 2.31. The summed E-state index contributed by atoms with van der Waals surface area (Å²) in [6.07, 6.45) is 4.17. The third-order valence-corrected chi connectivity index (χ3v) is 4.10. The van der Waals surface area contributed by atoms with Gasteiger partial charge in [0, 0.05) is 6.04 Å². The summed E-state index contributed by atoms with van der Waals surface area (Å²) >= 11 is 5.99. The Kier molecular flexibility index (Phi) is 5.01. The number of carbonyl (C=O) groups is 2. The summed E-state index contributed by atoms with van der Waals surface area (Å²) in [6, 6.07) is 6.47. The van der Waals surface area contributed by atoms with Crippen LogP contribution >= 0.6 is 11.6 Å². The molecule has 0 aliphatic heterocycles. The van der Waals surface area contributed by atoms with Crippen molar-refractivity contribution in [2.45, 2.75) is 38.1 Å². The molecule has 108 valence electrons. The number of aliphatic carboxylic acids is 1. The molecule has 1 saturated carbocycles. The predicted octanol–water partition coefficient (Wildman–Crippen LogP) is 3.10. The highest BCUT2D eigenvalue weighted by Crippen LogP contribution is 2.24. The van der Waals surface area contributed by atoms with E-state index in [-0.39, 0.29) is 11.9 Å². The van der Waals surface area contributed by atoms with Crippen LogP contribution in [-0.2, 0) is 4.79 Å². The van der Waals surface area contributed by atoms with Crippen LogP contribution in [-0.4, -0.2) is 23.0 Å². The Hall–Kier alpha value is -1.55. The second-order valence-corrected chi connectivity index (χ2v) is 5.55. The first-order chi connectivity index (χ1) is 9.59. The van der Waals surface area contributed by atoms with Gasteiger partial charge in [0.15, 0.2) is 0 Å². The molecule has 1 aliphatic rings. The van der Waals surface area contributed by atoms with Gasteiger partial charge in [0.05, 0.1) is 16.5 Å². The average Bonchev–Trinajstić information content (AvgIpc) is 2.64. The largest absolute Gasteiger partial charge is 0.481 e. The number of halogens is 1. The van der Waals surface area contributed by atoms with E-state index in [2.05, 4.69) is 5.32 Å². The summed E-state index contributed by atoms with van der Waals surface area (Å²) < 4.78 is 0. The van der Waals surface area contributed by atoms with E-state index in [1.165, 1.54) is 0 Å². The van der Waals surface area contributed by atoms with E-state index in [0.717, 1.165) is 19.3 Å². The van der Waals surface area contributed by atoms with Gasteiger partial charge in [-0.1, -0.05) is 43.0 Å². The van der Waals surface area contributed by atoms with Gasteiger partial charge in [-0.25, -0.2) is 0 Å². The molecule has 2 unspecified atom stereocenters. The van der Waals surface area contributed by atoms with Crippen LogP contribution in [0.25, 0.3) is 0 Å². The molecule has 0 spiro atoms. The van der Waals surface area contributed by atoms with Crippen molar-refractivity contribution in [1.29, 1.82) is 0 Å². The SMILES string of the molecule is O=C(NC1CCCCCC1C(=O)O)c1ccccc1Cl. The molecule has 0 radical (unpaired) electrons. The van der Waals surface area contributed by atoms with Crippen LogP contribution in [0.5, 0.6) is 0 Å². The lowest BCUT2D eigenvalue weighted by molar-refractivity contribution is -0.142. The molecule has 1 amide bonds. The lowest BCUT2D eigenvalue weighted by Crippen LogP contribution is -2.42. The quantitative estimate of drug-likeness (QED) is 0.842. The van der Waals surface area contributed by atoms with Crippen molar-refractivity contribution >= 4 is 23.5 Å². The maximum absolute atomic E-state index is 12.2. The molecule has 0 saturated heterocycles. The van der Waals surface area contributed by atoms with Gasteiger partial charge in [0.2, 0.25) is 0 Å². The monoisotopic (exact) mass is 295 g/mol. The third kappa shape index (κ3) is 3.51. The summed E-state index contributed by atoms with van der Waals surface area (Å²) in [4.78, 5) is 23.6. The normalized spacial score (nSPS) is 22.9. The van der Waals surface area contributed by atoms with Crippen LogP contribution < -0.4 is 5.32 Å². The molecule has 1 aromatic carbocycles. The van der Waals surface area contributed by atoms with Gasteiger partial charge >= 0.3 is 5.97 Å². The Bertz CT molecular complexity index is 504. The number of benzene rings is 1. The number of amides is 1. The molecule has 2 rings (SSSR count). The Morgan fingerprint density at radius 3 is 2.55 bits per heavy atom. The summed E-state index contributed by atoms with van der Waals surface area (Å²) in [7, 11) is 0. The average molecular weight is 296 g/mol. The fraction of sp³-hybridized carbons (Fsp3) is 0.467. The molecule has 4 nitrogen and oxygen atoms in total. The van der Waals surface area contributed by atoms with E-state index < -0.39 is 11.9 Å². The van der Waals surface area contributed by atoms with Crippen molar-refractivity contribution < 1.29 is 14.7 Å². The Labute approximate surface area is 123 Å². The molecule has 0 aromatic heterocycles. The number of hydrogen-bond donors (Lipinski definition) is 2. The second-order valence-electron chi connectivity index (χ2n) is 5.14. The van der Waals surface area contributed by atoms with Gasteiger partial charge in [-0.15, -0.1) is 0 Å². The topological polar surface area (TPSA) is 66.4 Å². The van der Waals surface area contributed by atoms with Gasteiger partial charge < -0.3 is 10.4 Å². The van der Waals surface area contributed by atoms with Gasteiger partial charge in [0.1, 0.15) is 0 Å². The first-order valence-corrected chi connectivity index (χ1v) is 7.25. The van der Waals surface area contributed by atoms with Crippen molar-refractivity contribution in [2.24, 2.45) is 5.92 Å². The summed E-state index contributed by atoms with van der Waals surface area (Å²) in [5.41, 5.74) is 0.391. The van der Waals surface area contributed by atoms with Gasteiger partial charge in [-0.2, -0.15) is 0 Å². The van der Waals surface area contributed by atoms with E-state index >= 15 is 0 Å². The minimum Gasteiger partial charge on any atom is -0.481 e. The van der Waals surface area contributed by atoms with Crippen LogP contribution in [0.3, 0.4) is 0 Å². The van der Waals surface area contributed by atoms with Crippen molar-refractivity contribution in [2.75, 3.05) is 0 Å². The lowest BCUT2D eigenvalue weighted by Gasteiger charge is -2.23. The van der Waals surface area contributed by atoms with Crippen LogP contribution in [0.2, 0.25) is 5.02 Å². The minimum atomic E-state index is -0.837. The zero-order valence-electron chi connectivity index (χ0n) is 11.1. The Morgan fingerprint density at radius 1 is 1.15 bits per heavy atom. The number of carboxylic acids is 1. The van der Waals surface area contributed by atoms with Crippen LogP contribution in [0.1, 0.15) is 42.5 Å². The molecule has 5 heteroatoms. The number of rotatable bonds is 3. The number of carboxylic acid groups (broad SMARTS) is 1. The highest BCUT2D eigenvalue weighted by atomic mass is 35.5. The zero-order chi connectivity index (χ0) is 14.5. The summed E-state index contributed by atoms with van der Waals surface area (Å²) in [6.45, 7) is 0. The summed E-state index contributed by atoms with van der Waals surface area (Å²) in [5.74, 6) is -1.64. The number of hydrogen-bond acceptors (Lipinski definition) is 2. The zero-order valence-corrected chi connectivity index (χ0v) is 11.9. The molecular formula is C15H18ClNO3. The van der Waals surface area contributed by atoms with E-state index in [9.17, 15) is 14.7 Å². The highest BCUT2D eigenvalue weighted by molar-refractivity contribution is 6.33. The maximum atomic E-state index is 12.2. The van der Waals surface area contributed by atoms with Crippen LogP contribution in [0.15, 0.2) is 24.3 Å². The third-order valence-electron chi connectivity index (χ3n) is 3.77. The van der Waals surface area contributed by atoms with Crippen molar-refractivity contribution in [3.8, 4) is 0 Å². The van der Waals surface area contributed by atoms with Crippen molar-refractivity contribution in [3.05, 3.63) is 34.9 Å². The van der Waals surface area contributed by atoms with Gasteiger partial charge in [-0.3, -0.25) is 9.59 Å². The fourth-order valence-electron chi connectivity index (χ4n) is 2.67. The maximum Gasteiger partial charge on any atom is 0.308 e. The van der Waals surface area contributed by atoms with E-state index in [1.54, 1.807) is 24.3 Å². The minimum absolute atomic E-state index is 0.297. The lowest BCUT2D eigenvalue weighted by atomic mass is 9.94. The van der Waals surface area contributed by atoms with E-state index in [4.69, 9.17) is 11.6 Å².